The average Bonchev–Trinajstić information content (AvgIpc) is 3.17. The Morgan fingerprint density at radius 1 is 1.20 bits per heavy atom. The Kier molecular flexibility index (Phi) is 5.49. The molecule has 2 amide bonds. The summed E-state index contributed by atoms with van der Waals surface area (Å²) < 4.78 is 10.6. The minimum absolute atomic E-state index is 0.0493. The topological polar surface area (TPSA) is 59.1 Å². The third kappa shape index (κ3) is 3.75. The van der Waals surface area contributed by atoms with Crippen LogP contribution in [0, 0.1) is 6.92 Å². The van der Waals surface area contributed by atoms with Crippen molar-refractivity contribution in [3.63, 3.8) is 0 Å². The number of ether oxygens (including phenoxy) is 2. The Labute approximate surface area is 152 Å². The molecule has 7 heteroatoms. The van der Waals surface area contributed by atoms with Gasteiger partial charge >= 0.3 is 0 Å². The highest BCUT2D eigenvalue weighted by atomic mass is 35.5. The molecule has 1 aromatic rings. The van der Waals surface area contributed by atoms with Gasteiger partial charge in [0.2, 0.25) is 0 Å². The van der Waals surface area contributed by atoms with Crippen LogP contribution in [0.2, 0.25) is 5.02 Å². The predicted molar refractivity (Wildman–Crippen MR) is 94.2 cm³/mol. The predicted octanol–water partition coefficient (Wildman–Crippen LogP) is 2.12. The molecule has 0 spiro atoms. The number of hydrogen-bond donors (Lipinski definition) is 0. The first-order valence-corrected chi connectivity index (χ1v) is 8.93. The highest BCUT2D eigenvalue weighted by molar-refractivity contribution is 6.32. The molecule has 136 valence electrons. The van der Waals surface area contributed by atoms with Gasteiger partial charge in [-0.2, -0.15) is 0 Å². The fourth-order valence-electron chi connectivity index (χ4n) is 3.32. The molecule has 0 aromatic heterocycles. The molecule has 0 bridgehead atoms. The highest BCUT2D eigenvalue weighted by Crippen LogP contribution is 2.28. The molecule has 1 aromatic carbocycles. The van der Waals surface area contributed by atoms with Gasteiger partial charge in [-0.05, 0) is 37.5 Å². The van der Waals surface area contributed by atoms with E-state index < -0.39 is 0 Å². The van der Waals surface area contributed by atoms with Gasteiger partial charge in [-0.25, -0.2) is 0 Å². The number of halogens is 1. The van der Waals surface area contributed by atoms with Gasteiger partial charge in [0, 0.05) is 38.3 Å². The molecule has 25 heavy (non-hydrogen) atoms. The normalized spacial score (nSPS) is 20.7. The molecule has 1 unspecified atom stereocenters. The summed E-state index contributed by atoms with van der Waals surface area (Å²) in [7, 11) is 1.55. The minimum atomic E-state index is -0.301. The summed E-state index contributed by atoms with van der Waals surface area (Å²) in [6.07, 6.45) is 1.43. The minimum Gasteiger partial charge on any atom is -0.495 e. The van der Waals surface area contributed by atoms with Crippen LogP contribution < -0.4 is 4.74 Å². The molecule has 2 saturated heterocycles. The van der Waals surface area contributed by atoms with Gasteiger partial charge in [-0.15, -0.1) is 0 Å². The van der Waals surface area contributed by atoms with Crippen LogP contribution in [-0.2, 0) is 9.53 Å². The van der Waals surface area contributed by atoms with Crippen LogP contribution in [0.25, 0.3) is 0 Å². The van der Waals surface area contributed by atoms with Crippen molar-refractivity contribution in [1.82, 2.24) is 9.80 Å². The van der Waals surface area contributed by atoms with Crippen LogP contribution in [0.4, 0.5) is 0 Å². The molecule has 2 aliphatic heterocycles. The number of carbonyl (C=O) groups is 2. The molecule has 0 N–H and O–H groups in total. The number of carbonyl (C=O) groups excluding carboxylic acids is 2. The maximum atomic E-state index is 12.8. The van der Waals surface area contributed by atoms with Gasteiger partial charge in [-0.3, -0.25) is 9.59 Å². The van der Waals surface area contributed by atoms with Crippen LogP contribution in [0.5, 0.6) is 5.75 Å². The lowest BCUT2D eigenvalue weighted by molar-refractivity contribution is -0.142. The number of benzene rings is 1. The van der Waals surface area contributed by atoms with E-state index in [0.29, 0.717) is 49.1 Å². The summed E-state index contributed by atoms with van der Waals surface area (Å²) >= 11 is 6.16. The molecule has 2 aliphatic rings. The Morgan fingerprint density at radius 2 is 1.88 bits per heavy atom. The maximum absolute atomic E-state index is 12.8. The zero-order valence-corrected chi connectivity index (χ0v) is 15.3. The van der Waals surface area contributed by atoms with Crippen molar-refractivity contribution in [3.05, 3.63) is 28.3 Å². The van der Waals surface area contributed by atoms with Crippen molar-refractivity contribution in [2.24, 2.45) is 0 Å². The summed E-state index contributed by atoms with van der Waals surface area (Å²) in [4.78, 5) is 28.8. The highest BCUT2D eigenvalue weighted by Gasteiger charge is 2.31. The average molecular weight is 367 g/mol. The monoisotopic (exact) mass is 366 g/mol. The summed E-state index contributed by atoms with van der Waals surface area (Å²) in [5.41, 5.74) is 1.40. The van der Waals surface area contributed by atoms with Crippen molar-refractivity contribution in [2.45, 2.75) is 25.9 Å². The fraction of sp³-hybridized carbons (Fsp3) is 0.556. The summed E-state index contributed by atoms with van der Waals surface area (Å²) in [5, 5.41) is 0.420. The standard InChI is InChI=1S/C18H23ClN2O4/c1-12-10-16(24-2)14(19)11-13(12)17(22)20-5-7-21(8-6-20)18(23)15-4-3-9-25-15/h10-11,15H,3-9H2,1-2H3. The number of aryl methyl sites for hydroxylation is 1. The van der Waals surface area contributed by atoms with Gasteiger partial charge < -0.3 is 19.3 Å². The largest absolute Gasteiger partial charge is 0.495 e. The zero-order chi connectivity index (χ0) is 18.0. The lowest BCUT2D eigenvalue weighted by atomic mass is 10.1. The van der Waals surface area contributed by atoms with Crippen LogP contribution in [0.1, 0.15) is 28.8 Å². The number of rotatable bonds is 3. The number of methoxy groups -OCH3 is 1. The molecule has 1 atom stereocenters. The lowest BCUT2D eigenvalue weighted by Gasteiger charge is -2.36. The second-order valence-electron chi connectivity index (χ2n) is 6.42. The molecule has 0 saturated carbocycles. The SMILES string of the molecule is COc1cc(C)c(C(=O)N2CCN(C(=O)C3CCCO3)CC2)cc1Cl. The Bertz CT molecular complexity index is 665. The number of nitrogens with zero attached hydrogens (tertiary/aromatic N) is 2. The summed E-state index contributed by atoms with van der Waals surface area (Å²) in [6, 6.07) is 3.43. The Balaban J connectivity index is 1.63. The zero-order valence-electron chi connectivity index (χ0n) is 14.6. The van der Waals surface area contributed by atoms with Gasteiger partial charge in [0.1, 0.15) is 11.9 Å². The molecule has 0 aliphatic carbocycles. The van der Waals surface area contributed by atoms with Gasteiger partial charge in [0.05, 0.1) is 12.1 Å². The number of piperazine rings is 1. The molecule has 6 nitrogen and oxygen atoms in total. The van der Waals surface area contributed by atoms with E-state index in [4.69, 9.17) is 21.1 Å². The van der Waals surface area contributed by atoms with Crippen molar-refractivity contribution in [3.8, 4) is 5.75 Å². The van der Waals surface area contributed by atoms with E-state index in [2.05, 4.69) is 0 Å². The van der Waals surface area contributed by atoms with Gasteiger partial charge in [0.25, 0.3) is 11.8 Å². The third-order valence-electron chi connectivity index (χ3n) is 4.81. The van der Waals surface area contributed by atoms with Crippen LogP contribution in [0.15, 0.2) is 12.1 Å². The van der Waals surface area contributed by atoms with Crippen LogP contribution in [0.3, 0.4) is 0 Å². The fourth-order valence-corrected chi connectivity index (χ4v) is 3.56. The van der Waals surface area contributed by atoms with E-state index in [1.807, 2.05) is 6.92 Å². The van der Waals surface area contributed by atoms with Crippen molar-refractivity contribution >= 4 is 23.4 Å². The number of amides is 2. The van der Waals surface area contributed by atoms with Gasteiger partial charge in [-0.1, -0.05) is 11.6 Å². The first kappa shape index (κ1) is 18.0. The second-order valence-corrected chi connectivity index (χ2v) is 6.83. The molecule has 3 rings (SSSR count). The smallest absolute Gasteiger partial charge is 0.254 e. The first-order valence-electron chi connectivity index (χ1n) is 8.55. The molecule has 0 radical (unpaired) electrons. The van der Waals surface area contributed by atoms with Crippen molar-refractivity contribution in [1.29, 1.82) is 0 Å². The molecule has 2 heterocycles. The third-order valence-corrected chi connectivity index (χ3v) is 5.11. The van der Waals surface area contributed by atoms with Crippen LogP contribution >= 0.6 is 11.6 Å². The molecular formula is C18H23ClN2O4. The quantitative estimate of drug-likeness (QED) is 0.822. The van der Waals surface area contributed by atoms with E-state index in [1.165, 1.54) is 0 Å². The molecular weight excluding hydrogens is 344 g/mol. The van der Waals surface area contributed by atoms with E-state index in [9.17, 15) is 9.59 Å². The maximum Gasteiger partial charge on any atom is 0.254 e. The van der Waals surface area contributed by atoms with E-state index >= 15 is 0 Å². The van der Waals surface area contributed by atoms with Crippen molar-refractivity contribution < 1.29 is 19.1 Å². The summed E-state index contributed by atoms with van der Waals surface area (Å²) in [6.45, 7) is 4.62. The van der Waals surface area contributed by atoms with E-state index in [1.54, 1.807) is 29.0 Å². The van der Waals surface area contributed by atoms with Crippen LogP contribution in [-0.4, -0.2) is 67.6 Å². The summed E-state index contributed by atoms with van der Waals surface area (Å²) in [5.74, 6) is 0.544. The number of hydrogen-bond acceptors (Lipinski definition) is 4. The second kappa shape index (κ2) is 7.62. The lowest BCUT2D eigenvalue weighted by Crippen LogP contribution is -2.52. The van der Waals surface area contributed by atoms with E-state index in [0.717, 1.165) is 18.4 Å². The Morgan fingerprint density at radius 3 is 2.48 bits per heavy atom. The van der Waals surface area contributed by atoms with Crippen molar-refractivity contribution in [2.75, 3.05) is 39.9 Å². The molecule has 2 fully saturated rings. The first-order chi connectivity index (χ1) is 12.0. The Hall–Kier alpha value is -1.79. The van der Waals surface area contributed by atoms with Gasteiger partial charge in [0.15, 0.2) is 0 Å². The van der Waals surface area contributed by atoms with E-state index in [-0.39, 0.29) is 17.9 Å².